The number of nitrogens with zero attached hydrogens (tertiary/aromatic N) is 3. The van der Waals surface area contributed by atoms with Gasteiger partial charge in [0.1, 0.15) is 12.2 Å². The number of nitrogens with one attached hydrogen (secondary N) is 1. The van der Waals surface area contributed by atoms with Gasteiger partial charge in [0.15, 0.2) is 0 Å². The van der Waals surface area contributed by atoms with Gasteiger partial charge in [-0.15, -0.1) is 0 Å². The molecule has 0 spiro atoms. The highest BCUT2D eigenvalue weighted by Crippen LogP contribution is 2.28. The smallest absolute Gasteiger partial charge is 0.145 e. The summed E-state index contributed by atoms with van der Waals surface area (Å²) in [5.74, 6) is 0.831. The lowest BCUT2D eigenvalue weighted by molar-refractivity contribution is 0.712. The van der Waals surface area contributed by atoms with Crippen molar-refractivity contribution in [1.82, 2.24) is 14.8 Å². The third-order valence-electron chi connectivity index (χ3n) is 2.49. The molecule has 0 atom stereocenters. The van der Waals surface area contributed by atoms with Crippen molar-refractivity contribution < 1.29 is 0 Å². The Bertz CT molecular complexity index is 536. The molecule has 0 bridgehead atoms. The van der Waals surface area contributed by atoms with Crippen molar-refractivity contribution in [1.29, 1.82) is 0 Å². The van der Waals surface area contributed by atoms with E-state index in [9.17, 15) is 0 Å². The van der Waals surface area contributed by atoms with Crippen molar-refractivity contribution in [3.63, 3.8) is 0 Å². The van der Waals surface area contributed by atoms with E-state index in [1.54, 1.807) is 4.68 Å². The highest BCUT2D eigenvalue weighted by Gasteiger charge is 2.06. The highest BCUT2D eigenvalue weighted by atomic mass is 35.5. The van der Waals surface area contributed by atoms with E-state index in [-0.39, 0.29) is 0 Å². The van der Waals surface area contributed by atoms with Gasteiger partial charge in [-0.3, -0.25) is 4.68 Å². The van der Waals surface area contributed by atoms with Crippen LogP contribution in [0.2, 0.25) is 10.0 Å². The zero-order valence-corrected chi connectivity index (χ0v) is 11.0. The van der Waals surface area contributed by atoms with Crippen molar-refractivity contribution >= 4 is 28.9 Å². The first-order valence-electron chi connectivity index (χ1n) is 5.10. The molecular weight excluding hydrogens is 259 g/mol. The normalized spacial score (nSPS) is 10.6. The van der Waals surface area contributed by atoms with Gasteiger partial charge in [-0.25, -0.2) is 4.98 Å². The molecule has 4 nitrogen and oxygen atoms in total. The largest absolute Gasteiger partial charge is 0.377 e. The molecule has 1 heterocycles. The Kier molecular flexibility index (Phi) is 3.54. The van der Waals surface area contributed by atoms with Gasteiger partial charge >= 0.3 is 0 Å². The van der Waals surface area contributed by atoms with Crippen LogP contribution in [0.4, 0.5) is 5.69 Å². The highest BCUT2D eigenvalue weighted by molar-refractivity contribution is 6.35. The molecule has 1 aromatic heterocycles. The van der Waals surface area contributed by atoms with E-state index < -0.39 is 0 Å². The third kappa shape index (κ3) is 2.70. The second-order valence-corrected chi connectivity index (χ2v) is 4.55. The summed E-state index contributed by atoms with van der Waals surface area (Å²) < 4.78 is 1.71. The number of hydrogen-bond donors (Lipinski definition) is 1. The molecule has 0 radical (unpaired) electrons. The maximum Gasteiger partial charge on any atom is 0.145 e. The molecule has 0 amide bonds. The van der Waals surface area contributed by atoms with Crippen LogP contribution in [0.25, 0.3) is 0 Å². The number of rotatable bonds is 3. The second kappa shape index (κ2) is 4.94. The summed E-state index contributed by atoms with van der Waals surface area (Å²) in [6.45, 7) is 2.47. The fourth-order valence-electron chi connectivity index (χ4n) is 1.44. The predicted octanol–water partition coefficient (Wildman–Crippen LogP) is 3.04. The van der Waals surface area contributed by atoms with Crippen molar-refractivity contribution in [2.45, 2.75) is 13.5 Å². The molecule has 0 aliphatic rings. The summed E-state index contributed by atoms with van der Waals surface area (Å²) in [5.41, 5.74) is 1.76. The minimum absolute atomic E-state index is 0.551. The van der Waals surface area contributed by atoms with Crippen molar-refractivity contribution in [2.24, 2.45) is 7.05 Å². The van der Waals surface area contributed by atoms with Gasteiger partial charge in [-0.05, 0) is 24.6 Å². The van der Waals surface area contributed by atoms with E-state index in [4.69, 9.17) is 23.2 Å². The minimum atomic E-state index is 0.551. The Morgan fingerprint density at radius 2 is 2.06 bits per heavy atom. The zero-order valence-electron chi connectivity index (χ0n) is 9.54. The number of hydrogen-bond acceptors (Lipinski definition) is 3. The Labute approximate surface area is 110 Å². The molecule has 2 rings (SSSR count). The molecule has 1 aromatic carbocycles. The number of benzene rings is 1. The van der Waals surface area contributed by atoms with Crippen LogP contribution < -0.4 is 5.32 Å². The van der Waals surface area contributed by atoms with Gasteiger partial charge in [0.05, 0.1) is 17.3 Å². The fraction of sp³-hybridized carbons (Fsp3) is 0.273. The molecule has 6 heteroatoms. The molecule has 2 aromatic rings. The van der Waals surface area contributed by atoms with E-state index in [2.05, 4.69) is 15.4 Å². The molecule has 0 fully saturated rings. The van der Waals surface area contributed by atoms with Gasteiger partial charge < -0.3 is 5.32 Å². The summed E-state index contributed by atoms with van der Waals surface area (Å²) >= 11 is 12.2. The lowest BCUT2D eigenvalue weighted by Crippen LogP contribution is -2.07. The molecule has 0 aliphatic carbocycles. The molecule has 1 N–H and O–H groups in total. The first-order valence-corrected chi connectivity index (χ1v) is 5.86. The third-order valence-corrected chi connectivity index (χ3v) is 3.21. The topological polar surface area (TPSA) is 42.7 Å². The van der Waals surface area contributed by atoms with Crippen LogP contribution >= 0.6 is 23.2 Å². The summed E-state index contributed by atoms with van der Waals surface area (Å²) in [6.07, 6.45) is 1.51. The van der Waals surface area contributed by atoms with E-state index >= 15 is 0 Å². The predicted molar refractivity (Wildman–Crippen MR) is 69.5 cm³/mol. The number of aryl methyl sites for hydroxylation is 2. The standard InChI is InChI=1S/C11H12Cl2N4/c1-7-3-9(13)10(4-8(7)12)14-5-11-15-6-16-17(11)2/h3-4,6,14H,5H2,1-2H3. The Balaban J connectivity index is 2.14. The van der Waals surface area contributed by atoms with Crippen LogP contribution in [-0.2, 0) is 13.6 Å². The summed E-state index contributed by atoms with van der Waals surface area (Å²) in [7, 11) is 1.84. The van der Waals surface area contributed by atoms with Gasteiger partial charge in [0, 0.05) is 12.1 Å². The van der Waals surface area contributed by atoms with Crippen LogP contribution in [0.5, 0.6) is 0 Å². The van der Waals surface area contributed by atoms with Crippen LogP contribution in [0.15, 0.2) is 18.5 Å². The summed E-state index contributed by atoms with van der Waals surface area (Å²) in [6, 6.07) is 3.65. The van der Waals surface area contributed by atoms with Gasteiger partial charge in [-0.2, -0.15) is 5.10 Å². The lowest BCUT2D eigenvalue weighted by Gasteiger charge is -2.09. The Morgan fingerprint density at radius 3 is 2.71 bits per heavy atom. The average Bonchev–Trinajstić information content (AvgIpc) is 2.68. The second-order valence-electron chi connectivity index (χ2n) is 3.73. The Hall–Kier alpha value is -1.26. The van der Waals surface area contributed by atoms with E-state index in [0.717, 1.165) is 17.1 Å². The zero-order chi connectivity index (χ0) is 12.4. The van der Waals surface area contributed by atoms with Gasteiger partial charge in [0.2, 0.25) is 0 Å². The van der Waals surface area contributed by atoms with Crippen LogP contribution in [-0.4, -0.2) is 14.8 Å². The monoisotopic (exact) mass is 270 g/mol. The van der Waals surface area contributed by atoms with Crippen molar-refractivity contribution in [3.8, 4) is 0 Å². The Morgan fingerprint density at radius 1 is 1.29 bits per heavy atom. The number of halogens is 2. The van der Waals surface area contributed by atoms with Crippen molar-refractivity contribution in [3.05, 3.63) is 39.9 Å². The van der Waals surface area contributed by atoms with E-state index in [1.165, 1.54) is 6.33 Å². The molecule has 90 valence electrons. The molecule has 17 heavy (non-hydrogen) atoms. The maximum atomic E-state index is 6.12. The summed E-state index contributed by atoms with van der Waals surface area (Å²) in [5, 5.41) is 8.51. The van der Waals surface area contributed by atoms with Crippen LogP contribution in [0, 0.1) is 6.92 Å². The molecule has 0 aliphatic heterocycles. The molecule has 0 saturated heterocycles. The minimum Gasteiger partial charge on any atom is -0.377 e. The van der Waals surface area contributed by atoms with E-state index in [1.807, 2.05) is 26.1 Å². The fourth-order valence-corrected chi connectivity index (χ4v) is 1.88. The average molecular weight is 271 g/mol. The van der Waals surface area contributed by atoms with E-state index in [0.29, 0.717) is 16.6 Å². The van der Waals surface area contributed by atoms with Crippen LogP contribution in [0.3, 0.4) is 0 Å². The first kappa shape index (κ1) is 12.2. The molecule has 0 unspecified atom stereocenters. The van der Waals surface area contributed by atoms with Gasteiger partial charge in [0.25, 0.3) is 0 Å². The van der Waals surface area contributed by atoms with Gasteiger partial charge in [-0.1, -0.05) is 23.2 Å². The first-order chi connectivity index (χ1) is 8.08. The number of aromatic nitrogens is 3. The quantitative estimate of drug-likeness (QED) is 0.933. The summed E-state index contributed by atoms with van der Waals surface area (Å²) in [4.78, 5) is 4.11. The molecule has 0 saturated carbocycles. The molecular formula is C11H12Cl2N4. The van der Waals surface area contributed by atoms with Crippen LogP contribution in [0.1, 0.15) is 11.4 Å². The number of anilines is 1. The maximum absolute atomic E-state index is 6.12. The lowest BCUT2D eigenvalue weighted by atomic mass is 10.2. The SMILES string of the molecule is Cc1cc(Cl)c(NCc2ncnn2C)cc1Cl. The van der Waals surface area contributed by atoms with Crippen molar-refractivity contribution in [2.75, 3.05) is 5.32 Å².